The largest absolute Gasteiger partial charge is 0.352 e. The molecule has 1 aromatic carbocycles. The highest BCUT2D eigenvalue weighted by molar-refractivity contribution is 6.31. The van der Waals surface area contributed by atoms with Gasteiger partial charge in [-0.15, -0.1) is 5.10 Å². The highest BCUT2D eigenvalue weighted by Crippen LogP contribution is 2.28. The van der Waals surface area contributed by atoms with E-state index in [2.05, 4.69) is 15.3 Å². The molecule has 3 rings (SSSR count). The van der Waals surface area contributed by atoms with Crippen LogP contribution in [-0.2, 0) is 6.54 Å². The van der Waals surface area contributed by atoms with Crippen LogP contribution in [-0.4, -0.2) is 32.3 Å². The summed E-state index contributed by atoms with van der Waals surface area (Å²) < 4.78 is 27.3. The van der Waals surface area contributed by atoms with Crippen molar-refractivity contribution in [2.24, 2.45) is 4.99 Å². The molecule has 0 fully saturated rings. The van der Waals surface area contributed by atoms with Crippen molar-refractivity contribution in [1.82, 2.24) is 19.9 Å². The lowest BCUT2D eigenvalue weighted by atomic mass is 10.2. The number of nitrogens with zero attached hydrogens (tertiary/aromatic N) is 5. The number of hydrogen-bond acceptors (Lipinski definition) is 4. The zero-order valence-corrected chi connectivity index (χ0v) is 13.1. The molecule has 0 aliphatic carbocycles. The number of allylic oxidation sites excluding steroid dienone is 1. The van der Waals surface area contributed by atoms with E-state index in [4.69, 9.17) is 11.6 Å². The zero-order valence-electron chi connectivity index (χ0n) is 12.3. The summed E-state index contributed by atoms with van der Waals surface area (Å²) in [6.07, 6.45) is 2.93. The zero-order chi connectivity index (χ0) is 16.4. The molecule has 0 atom stereocenters. The number of hydrogen-bond donors (Lipinski definition) is 0. The topological polar surface area (TPSA) is 46.3 Å². The number of alkyl halides is 2. The van der Waals surface area contributed by atoms with Crippen molar-refractivity contribution in [1.29, 1.82) is 0 Å². The number of aliphatic imine (C=N–C) groups is 1. The standard InChI is InChI=1S/C15H14ClF2N5/c1-10-4-5-22(9-19-10)7-11-8-23(21-20-11)12-2-3-14(16)13(6-12)15(17)18/h2-6,8,15H,7,9H2,1H3. The Hall–Kier alpha value is -2.28. The monoisotopic (exact) mass is 337 g/mol. The lowest BCUT2D eigenvalue weighted by Crippen LogP contribution is -2.20. The van der Waals surface area contributed by atoms with E-state index < -0.39 is 6.43 Å². The van der Waals surface area contributed by atoms with E-state index in [9.17, 15) is 8.78 Å². The van der Waals surface area contributed by atoms with Gasteiger partial charge in [-0.3, -0.25) is 4.99 Å². The molecular formula is C15H14ClF2N5. The second-order valence-electron chi connectivity index (χ2n) is 5.16. The summed E-state index contributed by atoms with van der Waals surface area (Å²) in [7, 11) is 0. The Balaban J connectivity index is 1.77. The first-order chi connectivity index (χ1) is 11.0. The summed E-state index contributed by atoms with van der Waals surface area (Å²) >= 11 is 5.77. The summed E-state index contributed by atoms with van der Waals surface area (Å²) in [5.41, 5.74) is 1.97. The van der Waals surface area contributed by atoms with Gasteiger partial charge in [0.05, 0.1) is 18.4 Å². The van der Waals surface area contributed by atoms with E-state index in [0.717, 1.165) is 11.4 Å². The molecule has 5 nitrogen and oxygen atoms in total. The van der Waals surface area contributed by atoms with Crippen LogP contribution in [0.5, 0.6) is 0 Å². The van der Waals surface area contributed by atoms with Gasteiger partial charge in [0.2, 0.25) is 0 Å². The van der Waals surface area contributed by atoms with Gasteiger partial charge in [-0.25, -0.2) is 13.5 Å². The molecule has 0 N–H and O–H groups in total. The first kappa shape index (κ1) is 15.6. The Bertz CT molecular complexity index is 769. The van der Waals surface area contributed by atoms with Crippen molar-refractivity contribution >= 4 is 17.3 Å². The summed E-state index contributed by atoms with van der Waals surface area (Å²) in [6.45, 7) is 3.04. The molecular weight excluding hydrogens is 324 g/mol. The van der Waals surface area contributed by atoms with Gasteiger partial charge in [-0.2, -0.15) is 0 Å². The highest BCUT2D eigenvalue weighted by Gasteiger charge is 2.14. The van der Waals surface area contributed by atoms with Gasteiger partial charge in [0, 0.05) is 22.5 Å². The molecule has 0 unspecified atom stereocenters. The minimum atomic E-state index is -2.63. The molecule has 2 heterocycles. The Kier molecular flexibility index (Phi) is 4.38. The van der Waals surface area contributed by atoms with Crippen LogP contribution < -0.4 is 0 Å². The molecule has 0 spiro atoms. The van der Waals surface area contributed by atoms with Gasteiger partial charge < -0.3 is 4.90 Å². The predicted molar refractivity (Wildman–Crippen MR) is 84.0 cm³/mol. The normalized spacial score (nSPS) is 14.5. The van der Waals surface area contributed by atoms with Crippen LogP contribution in [0.1, 0.15) is 24.6 Å². The lowest BCUT2D eigenvalue weighted by molar-refractivity contribution is 0.151. The van der Waals surface area contributed by atoms with Crippen molar-refractivity contribution in [3.63, 3.8) is 0 Å². The average Bonchev–Trinajstić information content (AvgIpc) is 2.98. The first-order valence-electron chi connectivity index (χ1n) is 6.95. The van der Waals surface area contributed by atoms with Crippen LogP contribution in [0.3, 0.4) is 0 Å². The Morgan fingerprint density at radius 1 is 1.35 bits per heavy atom. The van der Waals surface area contributed by atoms with Gasteiger partial charge in [0.1, 0.15) is 12.4 Å². The van der Waals surface area contributed by atoms with Gasteiger partial charge in [0.25, 0.3) is 6.43 Å². The molecule has 0 saturated heterocycles. The molecule has 0 saturated carbocycles. The Morgan fingerprint density at radius 3 is 2.87 bits per heavy atom. The third-order valence-corrected chi connectivity index (χ3v) is 3.76. The fourth-order valence-corrected chi connectivity index (χ4v) is 2.36. The Labute approximate surface area is 136 Å². The molecule has 0 radical (unpaired) electrons. The first-order valence-corrected chi connectivity index (χ1v) is 7.33. The summed E-state index contributed by atoms with van der Waals surface area (Å²) in [6, 6.07) is 4.38. The second-order valence-corrected chi connectivity index (χ2v) is 5.57. The number of aromatic nitrogens is 3. The predicted octanol–water partition coefficient (Wildman–Crippen LogP) is 3.61. The number of benzene rings is 1. The molecule has 1 aliphatic heterocycles. The molecule has 23 heavy (non-hydrogen) atoms. The van der Waals surface area contributed by atoms with Gasteiger partial charge in [-0.05, 0) is 31.2 Å². The van der Waals surface area contributed by atoms with Crippen LogP contribution in [0.2, 0.25) is 5.02 Å². The lowest BCUT2D eigenvalue weighted by Gasteiger charge is -2.19. The average molecular weight is 338 g/mol. The summed E-state index contributed by atoms with van der Waals surface area (Å²) in [4.78, 5) is 6.30. The fourth-order valence-electron chi connectivity index (χ4n) is 2.16. The van der Waals surface area contributed by atoms with Gasteiger partial charge in [0.15, 0.2) is 0 Å². The second kappa shape index (κ2) is 6.45. The summed E-state index contributed by atoms with van der Waals surface area (Å²) in [5, 5.41) is 8.10. The van der Waals surface area contributed by atoms with Gasteiger partial charge in [-0.1, -0.05) is 16.8 Å². The van der Waals surface area contributed by atoms with Crippen molar-refractivity contribution < 1.29 is 8.78 Å². The van der Waals surface area contributed by atoms with Gasteiger partial charge >= 0.3 is 0 Å². The smallest absolute Gasteiger partial charge is 0.265 e. The number of halogens is 3. The minimum absolute atomic E-state index is 0.0378. The molecule has 1 aliphatic rings. The fraction of sp³-hybridized carbons (Fsp3) is 0.267. The van der Waals surface area contributed by atoms with Crippen LogP contribution in [0.25, 0.3) is 5.69 Å². The van der Waals surface area contributed by atoms with E-state index >= 15 is 0 Å². The molecule has 8 heteroatoms. The Morgan fingerprint density at radius 2 is 2.17 bits per heavy atom. The molecule has 0 amide bonds. The van der Waals surface area contributed by atoms with Crippen LogP contribution in [0, 0.1) is 0 Å². The van der Waals surface area contributed by atoms with E-state index in [1.807, 2.05) is 24.1 Å². The van der Waals surface area contributed by atoms with Crippen LogP contribution >= 0.6 is 11.6 Å². The van der Waals surface area contributed by atoms with E-state index in [1.165, 1.54) is 16.8 Å². The highest BCUT2D eigenvalue weighted by atomic mass is 35.5. The van der Waals surface area contributed by atoms with Crippen molar-refractivity contribution in [3.8, 4) is 5.69 Å². The van der Waals surface area contributed by atoms with Crippen LogP contribution in [0.4, 0.5) is 8.78 Å². The molecule has 120 valence electrons. The van der Waals surface area contributed by atoms with E-state index in [-0.39, 0.29) is 10.6 Å². The third kappa shape index (κ3) is 3.56. The molecule has 1 aromatic heterocycles. The maximum Gasteiger partial charge on any atom is 0.265 e. The molecule has 0 bridgehead atoms. The summed E-state index contributed by atoms with van der Waals surface area (Å²) in [5.74, 6) is 0. The van der Waals surface area contributed by atoms with Crippen molar-refractivity contribution in [2.45, 2.75) is 19.9 Å². The quantitative estimate of drug-likeness (QED) is 0.856. The van der Waals surface area contributed by atoms with Crippen molar-refractivity contribution in [2.75, 3.05) is 6.67 Å². The van der Waals surface area contributed by atoms with E-state index in [1.54, 1.807) is 12.3 Å². The molecule has 2 aromatic rings. The maximum absolute atomic E-state index is 12.9. The SMILES string of the molecule is CC1=NCN(Cc2cn(-c3ccc(Cl)c(C(F)F)c3)nn2)C=C1. The van der Waals surface area contributed by atoms with Crippen LogP contribution in [0.15, 0.2) is 41.7 Å². The number of rotatable bonds is 4. The van der Waals surface area contributed by atoms with Crippen molar-refractivity contribution in [3.05, 3.63) is 53.0 Å². The maximum atomic E-state index is 12.9. The minimum Gasteiger partial charge on any atom is -0.352 e. The van der Waals surface area contributed by atoms with E-state index in [0.29, 0.717) is 18.9 Å². The third-order valence-electron chi connectivity index (χ3n) is 3.41.